The molecule has 2 aromatic rings. The first-order valence-electron chi connectivity index (χ1n) is 10.7. The molecule has 150 valence electrons. The molecule has 2 aromatic heterocycles. The Labute approximate surface area is 173 Å². The van der Waals surface area contributed by atoms with Gasteiger partial charge >= 0.3 is 0 Å². The highest BCUT2D eigenvalue weighted by Crippen LogP contribution is 2.47. The molecule has 2 heterocycles. The third kappa shape index (κ3) is 4.49. The van der Waals surface area contributed by atoms with Crippen molar-refractivity contribution in [2.75, 3.05) is 13.1 Å². The average Bonchev–Trinajstić information content (AvgIpc) is 3.17. The molecule has 4 rings (SSSR count). The number of fused-ring (bicyclic) bond motifs is 2. The van der Waals surface area contributed by atoms with Gasteiger partial charge in [-0.1, -0.05) is 30.7 Å². The summed E-state index contributed by atoms with van der Waals surface area (Å²) in [5, 5.41) is 4.72. The number of aryl methyl sites for hydroxylation is 2. The van der Waals surface area contributed by atoms with Crippen LogP contribution in [0.2, 0.25) is 0 Å². The van der Waals surface area contributed by atoms with E-state index in [0.29, 0.717) is 23.7 Å². The van der Waals surface area contributed by atoms with E-state index in [1.807, 2.05) is 12.4 Å². The Kier molecular flexibility index (Phi) is 6.48. The van der Waals surface area contributed by atoms with Gasteiger partial charge in [0.05, 0.1) is 6.33 Å². The highest BCUT2D eigenvalue weighted by molar-refractivity contribution is 6.29. The zero-order valence-electron chi connectivity index (χ0n) is 16.7. The van der Waals surface area contributed by atoms with Crippen molar-refractivity contribution in [1.82, 2.24) is 20.3 Å². The van der Waals surface area contributed by atoms with Gasteiger partial charge in [0.25, 0.3) is 0 Å². The number of rotatable bonds is 7. The monoisotopic (exact) mass is 398 g/mol. The number of aromatic amines is 1. The lowest BCUT2D eigenvalue weighted by molar-refractivity contribution is 0.249. The standard InChI is InChI=1S/C23H31ClN4/c1-16-12-21-18(13-22(16)24)7-6-17-4-2-10-27-23(17)20(21)8-11-25-9-3-5-19-14-26-15-28-19/h2,4,10,13-16,18,20-21,25H,3,5-9,11-12H2,1H3,(H,26,28). The van der Waals surface area contributed by atoms with Crippen LogP contribution in [0.3, 0.4) is 0 Å². The Hall–Kier alpha value is -1.65. The lowest BCUT2D eigenvalue weighted by atomic mass is 9.70. The summed E-state index contributed by atoms with van der Waals surface area (Å²) in [6.07, 6.45) is 14.8. The molecule has 0 saturated heterocycles. The minimum Gasteiger partial charge on any atom is -0.348 e. The van der Waals surface area contributed by atoms with E-state index in [1.165, 1.54) is 29.8 Å². The Balaban J connectivity index is 1.39. The Morgan fingerprint density at radius 1 is 1.32 bits per heavy atom. The van der Waals surface area contributed by atoms with Crippen LogP contribution in [0.15, 0.2) is 42.0 Å². The molecule has 0 aromatic carbocycles. The van der Waals surface area contributed by atoms with Gasteiger partial charge in [0.15, 0.2) is 0 Å². The third-order valence-electron chi connectivity index (χ3n) is 6.55. The Morgan fingerprint density at radius 3 is 3.11 bits per heavy atom. The van der Waals surface area contributed by atoms with Gasteiger partial charge in [-0.25, -0.2) is 4.98 Å². The zero-order valence-corrected chi connectivity index (χ0v) is 17.5. The van der Waals surface area contributed by atoms with Crippen LogP contribution in [0.5, 0.6) is 0 Å². The number of aromatic nitrogens is 3. The minimum atomic E-state index is 0.470. The van der Waals surface area contributed by atoms with E-state index in [-0.39, 0.29) is 0 Å². The van der Waals surface area contributed by atoms with E-state index in [4.69, 9.17) is 16.6 Å². The van der Waals surface area contributed by atoms with Gasteiger partial charge in [0.2, 0.25) is 0 Å². The Bertz CT molecular complexity index is 786. The normalized spacial score (nSPS) is 26.9. The summed E-state index contributed by atoms with van der Waals surface area (Å²) < 4.78 is 0. The van der Waals surface area contributed by atoms with Crippen molar-refractivity contribution < 1.29 is 0 Å². The fourth-order valence-electron chi connectivity index (χ4n) is 5.03. The lowest BCUT2D eigenvalue weighted by Gasteiger charge is -2.36. The zero-order chi connectivity index (χ0) is 19.3. The molecule has 5 heteroatoms. The third-order valence-corrected chi connectivity index (χ3v) is 7.05. The molecular weight excluding hydrogens is 368 g/mol. The van der Waals surface area contributed by atoms with Crippen LogP contribution in [0.25, 0.3) is 0 Å². The van der Waals surface area contributed by atoms with Crippen LogP contribution < -0.4 is 5.32 Å². The first-order valence-corrected chi connectivity index (χ1v) is 11.1. The first-order chi connectivity index (χ1) is 13.7. The molecule has 4 atom stereocenters. The molecule has 0 fully saturated rings. The average molecular weight is 399 g/mol. The van der Waals surface area contributed by atoms with Crippen LogP contribution in [-0.4, -0.2) is 28.0 Å². The van der Waals surface area contributed by atoms with E-state index in [9.17, 15) is 0 Å². The second kappa shape index (κ2) is 9.23. The predicted octanol–water partition coefficient (Wildman–Crippen LogP) is 4.84. The van der Waals surface area contributed by atoms with Crippen LogP contribution in [0.1, 0.15) is 55.5 Å². The summed E-state index contributed by atoms with van der Waals surface area (Å²) in [4.78, 5) is 12.1. The van der Waals surface area contributed by atoms with E-state index in [2.05, 4.69) is 40.4 Å². The molecule has 0 saturated carbocycles. The van der Waals surface area contributed by atoms with Crippen molar-refractivity contribution in [2.24, 2.45) is 17.8 Å². The number of nitrogens with one attached hydrogen (secondary N) is 2. The van der Waals surface area contributed by atoms with Crippen molar-refractivity contribution >= 4 is 11.6 Å². The largest absolute Gasteiger partial charge is 0.348 e. The summed E-state index contributed by atoms with van der Waals surface area (Å²) in [5.41, 5.74) is 4.00. The predicted molar refractivity (Wildman–Crippen MR) is 114 cm³/mol. The molecule has 28 heavy (non-hydrogen) atoms. The minimum absolute atomic E-state index is 0.470. The van der Waals surface area contributed by atoms with Gasteiger partial charge < -0.3 is 10.3 Å². The second-order valence-electron chi connectivity index (χ2n) is 8.43. The smallest absolute Gasteiger partial charge is 0.0921 e. The SMILES string of the molecule is CC1CC2C(C=C1Cl)CCc1cccnc1C2CCNCCCc1cnc[nH]1. The van der Waals surface area contributed by atoms with Gasteiger partial charge in [0.1, 0.15) is 0 Å². The van der Waals surface area contributed by atoms with Crippen molar-refractivity contribution in [2.45, 2.75) is 51.4 Å². The molecule has 2 aliphatic rings. The van der Waals surface area contributed by atoms with Crippen LogP contribution in [-0.2, 0) is 12.8 Å². The first kappa shape index (κ1) is 19.7. The number of imidazole rings is 1. The molecule has 2 aliphatic carbocycles. The molecule has 0 aliphatic heterocycles. The highest BCUT2D eigenvalue weighted by atomic mass is 35.5. The maximum Gasteiger partial charge on any atom is 0.0921 e. The number of allylic oxidation sites excluding steroid dienone is 2. The lowest BCUT2D eigenvalue weighted by Crippen LogP contribution is -2.29. The molecular formula is C23H31ClN4. The fourth-order valence-corrected chi connectivity index (χ4v) is 5.28. The van der Waals surface area contributed by atoms with E-state index >= 15 is 0 Å². The number of hydrogen-bond acceptors (Lipinski definition) is 3. The van der Waals surface area contributed by atoms with E-state index < -0.39 is 0 Å². The summed E-state index contributed by atoms with van der Waals surface area (Å²) in [6.45, 7) is 4.35. The molecule has 4 nitrogen and oxygen atoms in total. The Morgan fingerprint density at radius 2 is 2.25 bits per heavy atom. The van der Waals surface area contributed by atoms with Gasteiger partial charge in [-0.3, -0.25) is 4.98 Å². The molecule has 2 N–H and O–H groups in total. The van der Waals surface area contributed by atoms with E-state index in [0.717, 1.165) is 43.8 Å². The van der Waals surface area contributed by atoms with Gasteiger partial charge in [-0.2, -0.15) is 0 Å². The van der Waals surface area contributed by atoms with E-state index in [1.54, 1.807) is 6.33 Å². The summed E-state index contributed by atoms with van der Waals surface area (Å²) in [5.74, 6) is 2.23. The maximum atomic E-state index is 6.53. The topological polar surface area (TPSA) is 53.6 Å². The van der Waals surface area contributed by atoms with Crippen molar-refractivity contribution in [3.05, 3.63) is 58.9 Å². The molecule has 4 unspecified atom stereocenters. The summed E-state index contributed by atoms with van der Waals surface area (Å²) >= 11 is 6.53. The molecule has 0 radical (unpaired) electrons. The van der Waals surface area contributed by atoms with Crippen LogP contribution in [0.4, 0.5) is 0 Å². The van der Waals surface area contributed by atoms with Crippen molar-refractivity contribution in [3.8, 4) is 0 Å². The molecule has 0 bridgehead atoms. The van der Waals surface area contributed by atoms with Crippen LogP contribution in [0, 0.1) is 17.8 Å². The highest BCUT2D eigenvalue weighted by Gasteiger charge is 2.37. The van der Waals surface area contributed by atoms with Crippen molar-refractivity contribution in [3.63, 3.8) is 0 Å². The van der Waals surface area contributed by atoms with Gasteiger partial charge in [-0.05, 0) is 81.0 Å². The number of halogens is 1. The molecule has 0 amide bonds. The summed E-state index contributed by atoms with van der Waals surface area (Å²) in [7, 11) is 0. The number of H-pyrrole nitrogens is 1. The number of pyridine rings is 1. The summed E-state index contributed by atoms with van der Waals surface area (Å²) in [6, 6.07) is 4.36. The maximum absolute atomic E-state index is 6.53. The van der Waals surface area contributed by atoms with Crippen LogP contribution >= 0.6 is 11.6 Å². The molecule has 0 spiro atoms. The quantitative estimate of drug-likeness (QED) is 0.656. The van der Waals surface area contributed by atoms with Gasteiger partial charge in [-0.15, -0.1) is 0 Å². The van der Waals surface area contributed by atoms with Crippen molar-refractivity contribution in [1.29, 1.82) is 0 Å². The second-order valence-corrected chi connectivity index (χ2v) is 8.86. The number of hydrogen-bond donors (Lipinski definition) is 2. The van der Waals surface area contributed by atoms with Gasteiger partial charge in [0, 0.05) is 34.7 Å². The number of nitrogens with zero attached hydrogens (tertiary/aromatic N) is 2. The fraction of sp³-hybridized carbons (Fsp3) is 0.565.